The fourth-order valence-electron chi connectivity index (χ4n) is 5.96. The highest BCUT2D eigenvalue weighted by molar-refractivity contribution is 5.70. The van der Waals surface area contributed by atoms with Crippen molar-refractivity contribution in [2.75, 3.05) is 6.54 Å². The zero-order valence-electron chi connectivity index (χ0n) is 19.0. The summed E-state index contributed by atoms with van der Waals surface area (Å²) in [5.41, 5.74) is 3.23. The number of hydrogen-bond acceptors (Lipinski definition) is 2. The standard InChI is InChI=1S/C30H31NO2/c32-29(33-23-25-13-6-2-7-14-25)31-22-20-27-17-10-21-30(27,31)28(26-15-8-3-9-16-26)19-18-24-11-4-1-5-12-24/h1-9,11-16,18-19,27-28H,10,17,20-23H2/b19-18+/t27-,28-,30-/m0/s1. The second-order valence-electron chi connectivity index (χ2n) is 9.22. The first-order valence-electron chi connectivity index (χ1n) is 12.0. The predicted molar refractivity (Wildman–Crippen MR) is 133 cm³/mol. The van der Waals surface area contributed by atoms with Crippen LogP contribution in [0.5, 0.6) is 0 Å². The van der Waals surface area contributed by atoms with Gasteiger partial charge >= 0.3 is 6.09 Å². The Balaban J connectivity index is 1.48. The summed E-state index contributed by atoms with van der Waals surface area (Å²) >= 11 is 0. The van der Waals surface area contributed by atoms with E-state index >= 15 is 0 Å². The first-order chi connectivity index (χ1) is 16.3. The van der Waals surface area contributed by atoms with Gasteiger partial charge in [-0.1, -0.05) is 110 Å². The Hall–Kier alpha value is -3.33. The van der Waals surface area contributed by atoms with E-state index in [1.54, 1.807) is 0 Å². The maximum atomic E-state index is 13.5. The fourth-order valence-corrected chi connectivity index (χ4v) is 5.96. The highest BCUT2D eigenvalue weighted by Crippen LogP contribution is 2.55. The molecule has 3 heteroatoms. The lowest BCUT2D eigenvalue weighted by Crippen LogP contribution is -2.52. The molecule has 2 fully saturated rings. The molecular formula is C30H31NO2. The van der Waals surface area contributed by atoms with Crippen molar-refractivity contribution >= 4 is 12.2 Å². The molecule has 33 heavy (non-hydrogen) atoms. The Morgan fingerprint density at radius 3 is 2.33 bits per heavy atom. The molecule has 3 aromatic rings. The summed E-state index contributed by atoms with van der Waals surface area (Å²) in [6, 6.07) is 31.0. The second-order valence-corrected chi connectivity index (χ2v) is 9.22. The van der Waals surface area contributed by atoms with Crippen molar-refractivity contribution in [1.29, 1.82) is 0 Å². The van der Waals surface area contributed by atoms with Crippen LogP contribution in [0.15, 0.2) is 97.1 Å². The third kappa shape index (κ3) is 4.32. The lowest BCUT2D eigenvalue weighted by Gasteiger charge is -2.43. The molecule has 5 rings (SSSR count). The van der Waals surface area contributed by atoms with Crippen LogP contribution in [0.3, 0.4) is 0 Å². The molecule has 3 aromatic carbocycles. The first-order valence-corrected chi connectivity index (χ1v) is 12.0. The molecule has 0 aromatic heterocycles. The molecule has 2 aliphatic rings. The van der Waals surface area contributed by atoms with E-state index in [9.17, 15) is 4.79 Å². The van der Waals surface area contributed by atoms with Crippen molar-refractivity contribution in [1.82, 2.24) is 4.90 Å². The van der Waals surface area contributed by atoms with E-state index in [1.807, 2.05) is 36.4 Å². The van der Waals surface area contributed by atoms with Crippen LogP contribution >= 0.6 is 0 Å². The normalized spacial score (nSPS) is 22.9. The molecule has 1 saturated carbocycles. The molecule has 0 spiro atoms. The average Bonchev–Trinajstić information content (AvgIpc) is 3.44. The Labute approximate surface area is 196 Å². The van der Waals surface area contributed by atoms with Crippen LogP contribution in [0.1, 0.15) is 48.3 Å². The number of hydrogen-bond donors (Lipinski definition) is 0. The largest absolute Gasteiger partial charge is 0.445 e. The van der Waals surface area contributed by atoms with Crippen molar-refractivity contribution in [3.63, 3.8) is 0 Å². The van der Waals surface area contributed by atoms with E-state index in [-0.39, 0.29) is 17.6 Å². The summed E-state index contributed by atoms with van der Waals surface area (Å²) in [7, 11) is 0. The van der Waals surface area contributed by atoms with Gasteiger partial charge in [0.25, 0.3) is 0 Å². The van der Waals surface area contributed by atoms with E-state index in [4.69, 9.17) is 4.74 Å². The predicted octanol–water partition coefficient (Wildman–Crippen LogP) is 7.07. The van der Waals surface area contributed by atoms with E-state index < -0.39 is 0 Å². The summed E-state index contributed by atoms with van der Waals surface area (Å²) in [5, 5.41) is 0. The monoisotopic (exact) mass is 437 g/mol. The molecule has 1 aliphatic heterocycles. The zero-order chi connectivity index (χ0) is 22.5. The van der Waals surface area contributed by atoms with E-state index in [0.29, 0.717) is 12.5 Å². The number of carbonyl (C=O) groups is 1. The fraction of sp³-hybridized carbons (Fsp3) is 0.300. The minimum Gasteiger partial charge on any atom is -0.445 e. The third-order valence-electron chi connectivity index (χ3n) is 7.44. The van der Waals surface area contributed by atoms with E-state index in [1.165, 1.54) is 17.5 Å². The quantitative estimate of drug-likeness (QED) is 0.413. The highest BCUT2D eigenvalue weighted by atomic mass is 16.6. The number of nitrogens with zero attached hydrogens (tertiary/aromatic N) is 1. The second kappa shape index (κ2) is 9.66. The van der Waals surface area contributed by atoms with Gasteiger partial charge in [-0.25, -0.2) is 4.79 Å². The molecule has 168 valence electrons. The SMILES string of the molecule is O=C(OCc1ccccc1)N1CC[C@@H]2CCC[C@@]21[C@@H](/C=C/c1ccccc1)c1ccccc1. The maximum Gasteiger partial charge on any atom is 0.410 e. The molecule has 0 bridgehead atoms. The minimum atomic E-state index is -0.236. The zero-order valence-corrected chi connectivity index (χ0v) is 19.0. The number of fused-ring (bicyclic) bond motifs is 1. The van der Waals surface area contributed by atoms with Crippen LogP contribution in [0.2, 0.25) is 0 Å². The number of carbonyl (C=O) groups excluding carboxylic acids is 1. The minimum absolute atomic E-state index is 0.123. The summed E-state index contributed by atoms with van der Waals surface area (Å²) < 4.78 is 5.86. The Kier molecular flexibility index (Phi) is 6.30. The lowest BCUT2D eigenvalue weighted by molar-refractivity contribution is 0.0526. The number of benzene rings is 3. The summed E-state index contributed by atoms with van der Waals surface area (Å²) in [6.45, 7) is 1.08. The lowest BCUT2D eigenvalue weighted by atomic mass is 9.72. The Morgan fingerprint density at radius 1 is 0.939 bits per heavy atom. The number of likely N-dealkylation sites (tertiary alicyclic amines) is 1. The smallest absolute Gasteiger partial charge is 0.410 e. The molecule has 3 nitrogen and oxygen atoms in total. The van der Waals surface area contributed by atoms with Gasteiger partial charge in [-0.3, -0.25) is 0 Å². The van der Waals surface area contributed by atoms with Gasteiger partial charge < -0.3 is 9.64 Å². The van der Waals surface area contributed by atoms with Crippen LogP contribution in [0, 0.1) is 5.92 Å². The molecule has 0 unspecified atom stereocenters. The van der Waals surface area contributed by atoms with E-state index in [0.717, 1.165) is 31.4 Å². The third-order valence-corrected chi connectivity index (χ3v) is 7.44. The molecule has 3 atom stereocenters. The summed E-state index contributed by atoms with van der Waals surface area (Å²) in [5.74, 6) is 0.616. The molecular weight excluding hydrogens is 406 g/mol. The number of ether oxygens (including phenoxy) is 1. The van der Waals surface area contributed by atoms with Gasteiger partial charge in [-0.05, 0) is 41.9 Å². The summed E-state index contributed by atoms with van der Waals surface area (Å²) in [4.78, 5) is 15.5. The van der Waals surface area contributed by atoms with Gasteiger partial charge in [0.2, 0.25) is 0 Å². The van der Waals surface area contributed by atoms with Crippen molar-refractivity contribution in [2.45, 2.75) is 43.7 Å². The van der Waals surface area contributed by atoms with Crippen LogP contribution in [-0.2, 0) is 11.3 Å². The van der Waals surface area contributed by atoms with E-state index in [2.05, 4.69) is 71.6 Å². The molecule has 1 aliphatic carbocycles. The maximum absolute atomic E-state index is 13.5. The van der Waals surface area contributed by atoms with Gasteiger partial charge in [-0.2, -0.15) is 0 Å². The Bertz CT molecular complexity index is 1080. The number of amides is 1. The van der Waals surface area contributed by atoms with Crippen LogP contribution in [0.25, 0.3) is 6.08 Å². The highest BCUT2D eigenvalue weighted by Gasteiger charge is 2.57. The first kappa shape index (κ1) is 21.5. The topological polar surface area (TPSA) is 29.5 Å². The van der Waals surface area contributed by atoms with Gasteiger partial charge in [0.15, 0.2) is 0 Å². The van der Waals surface area contributed by atoms with Crippen molar-refractivity contribution in [2.24, 2.45) is 5.92 Å². The molecule has 0 N–H and O–H groups in total. The van der Waals surface area contributed by atoms with Gasteiger partial charge in [0.1, 0.15) is 6.61 Å². The van der Waals surface area contributed by atoms with Gasteiger partial charge in [0.05, 0.1) is 5.54 Å². The molecule has 1 saturated heterocycles. The van der Waals surface area contributed by atoms with Crippen LogP contribution in [-0.4, -0.2) is 23.1 Å². The van der Waals surface area contributed by atoms with Gasteiger partial charge in [-0.15, -0.1) is 0 Å². The van der Waals surface area contributed by atoms with Crippen molar-refractivity contribution in [3.05, 3.63) is 114 Å². The molecule has 1 amide bonds. The van der Waals surface area contributed by atoms with Crippen LogP contribution in [0.4, 0.5) is 4.79 Å². The van der Waals surface area contributed by atoms with Crippen LogP contribution < -0.4 is 0 Å². The van der Waals surface area contributed by atoms with Crippen molar-refractivity contribution in [3.8, 4) is 0 Å². The van der Waals surface area contributed by atoms with Gasteiger partial charge in [0, 0.05) is 12.5 Å². The van der Waals surface area contributed by atoms with Crippen molar-refractivity contribution < 1.29 is 9.53 Å². The summed E-state index contributed by atoms with van der Waals surface area (Å²) in [6.07, 6.45) is 8.73. The number of rotatable bonds is 6. The molecule has 0 radical (unpaired) electrons. The average molecular weight is 438 g/mol. The Morgan fingerprint density at radius 2 is 1.61 bits per heavy atom. The molecule has 1 heterocycles.